The van der Waals surface area contributed by atoms with Crippen LogP contribution in [0.4, 0.5) is 5.13 Å². The molecule has 0 unspecified atom stereocenters. The number of nitrogens with one attached hydrogen (secondary N) is 1. The molecule has 0 amide bonds. The van der Waals surface area contributed by atoms with Crippen LogP contribution in [-0.2, 0) is 4.74 Å². The van der Waals surface area contributed by atoms with Gasteiger partial charge in [0.1, 0.15) is 0 Å². The minimum atomic E-state index is 0.781. The lowest BCUT2D eigenvalue weighted by molar-refractivity contribution is 0.0497. The number of anilines is 1. The van der Waals surface area contributed by atoms with Crippen LogP contribution in [0.1, 0.15) is 0 Å². The lowest BCUT2D eigenvalue weighted by Gasteiger charge is -2.26. The summed E-state index contributed by atoms with van der Waals surface area (Å²) in [6.45, 7) is 3.37. The molecule has 0 saturated carbocycles. The molecule has 0 radical (unpaired) electrons. The minimum absolute atomic E-state index is 0.781. The molecule has 2 heterocycles. The lowest BCUT2D eigenvalue weighted by Crippen LogP contribution is -2.40. The van der Waals surface area contributed by atoms with Crippen molar-refractivity contribution in [3.05, 3.63) is 22.7 Å². The van der Waals surface area contributed by atoms with Gasteiger partial charge in [0.15, 0.2) is 5.13 Å². The number of hydrogen-bond acceptors (Lipinski definition) is 5. The first-order valence-corrected chi connectivity index (χ1v) is 7.08. The largest absolute Gasteiger partial charge is 0.379 e. The minimum Gasteiger partial charge on any atom is -0.379 e. The highest BCUT2D eigenvalue weighted by molar-refractivity contribution is 9.10. The molecule has 1 aromatic heterocycles. The Morgan fingerprint density at radius 3 is 3.00 bits per heavy atom. The Balaban J connectivity index is 1.80. The number of ether oxygens (including phenoxy) is 1. The Labute approximate surface area is 112 Å². The fourth-order valence-corrected chi connectivity index (χ4v) is 2.98. The van der Waals surface area contributed by atoms with Gasteiger partial charge in [-0.15, -0.1) is 0 Å². The normalized spacial score (nSPS) is 17.5. The van der Waals surface area contributed by atoms with E-state index >= 15 is 0 Å². The van der Waals surface area contributed by atoms with E-state index in [1.165, 1.54) is 4.70 Å². The molecule has 1 aliphatic heterocycles. The third-order valence-electron chi connectivity index (χ3n) is 2.61. The predicted octanol–water partition coefficient (Wildman–Crippen LogP) is 2.72. The van der Waals surface area contributed by atoms with E-state index in [-0.39, 0.29) is 0 Å². The van der Waals surface area contributed by atoms with Crippen molar-refractivity contribution in [2.24, 2.45) is 0 Å². The number of halogens is 1. The zero-order valence-electron chi connectivity index (χ0n) is 9.15. The number of aromatic nitrogens is 1. The molecule has 0 aliphatic carbocycles. The molecule has 4 nitrogen and oxygen atoms in total. The average Bonchev–Trinajstić information content (AvgIpc) is 2.71. The molecule has 2 aromatic rings. The van der Waals surface area contributed by atoms with E-state index in [4.69, 9.17) is 4.74 Å². The average molecular weight is 314 g/mol. The van der Waals surface area contributed by atoms with E-state index in [0.29, 0.717) is 0 Å². The number of rotatable bonds is 2. The van der Waals surface area contributed by atoms with Gasteiger partial charge in [-0.3, -0.25) is 5.43 Å². The van der Waals surface area contributed by atoms with Crippen LogP contribution in [0.3, 0.4) is 0 Å². The maximum Gasteiger partial charge on any atom is 0.198 e. The zero-order valence-corrected chi connectivity index (χ0v) is 11.6. The number of hydrazine groups is 1. The smallest absolute Gasteiger partial charge is 0.198 e. The maximum absolute atomic E-state index is 5.31. The fourth-order valence-electron chi connectivity index (χ4n) is 1.76. The van der Waals surface area contributed by atoms with Crippen molar-refractivity contribution in [1.82, 2.24) is 9.99 Å². The summed E-state index contributed by atoms with van der Waals surface area (Å²) in [5.74, 6) is 0. The molecule has 1 aromatic carbocycles. The van der Waals surface area contributed by atoms with Crippen LogP contribution >= 0.6 is 27.3 Å². The summed E-state index contributed by atoms with van der Waals surface area (Å²) >= 11 is 5.13. The fraction of sp³-hybridized carbons (Fsp3) is 0.364. The molecule has 1 N–H and O–H groups in total. The molecule has 90 valence electrons. The number of hydrogen-bond donors (Lipinski definition) is 1. The third kappa shape index (κ3) is 2.60. The Morgan fingerprint density at radius 2 is 2.18 bits per heavy atom. The summed E-state index contributed by atoms with van der Waals surface area (Å²) in [6, 6.07) is 6.16. The molecule has 0 bridgehead atoms. The van der Waals surface area contributed by atoms with Crippen molar-refractivity contribution < 1.29 is 4.74 Å². The summed E-state index contributed by atoms with van der Waals surface area (Å²) in [5.41, 5.74) is 4.36. The first kappa shape index (κ1) is 11.4. The number of morpholine rings is 1. The van der Waals surface area contributed by atoms with Gasteiger partial charge in [-0.2, -0.15) is 0 Å². The van der Waals surface area contributed by atoms with Crippen molar-refractivity contribution >= 4 is 42.6 Å². The highest BCUT2D eigenvalue weighted by Gasteiger charge is 2.12. The molecule has 1 saturated heterocycles. The second-order valence-electron chi connectivity index (χ2n) is 3.84. The summed E-state index contributed by atoms with van der Waals surface area (Å²) in [7, 11) is 0. The lowest BCUT2D eigenvalue weighted by atomic mass is 10.3. The van der Waals surface area contributed by atoms with Crippen LogP contribution in [0.5, 0.6) is 0 Å². The molecule has 17 heavy (non-hydrogen) atoms. The summed E-state index contributed by atoms with van der Waals surface area (Å²) < 4.78 is 7.57. The molecule has 0 atom stereocenters. The Hall–Kier alpha value is -0.690. The first-order chi connectivity index (χ1) is 8.31. The standard InChI is InChI=1S/C11H12BrN3OS/c12-8-1-2-10-9(7-8)13-11(17-10)14-15-3-5-16-6-4-15/h1-2,7H,3-6H2,(H,13,14). The van der Waals surface area contributed by atoms with E-state index in [1.54, 1.807) is 11.3 Å². The third-order valence-corrected chi connectivity index (χ3v) is 4.05. The van der Waals surface area contributed by atoms with Gasteiger partial charge in [0.05, 0.1) is 23.4 Å². The topological polar surface area (TPSA) is 37.4 Å². The van der Waals surface area contributed by atoms with Crippen molar-refractivity contribution in [2.45, 2.75) is 0 Å². The van der Waals surface area contributed by atoms with Crippen LogP contribution < -0.4 is 5.43 Å². The van der Waals surface area contributed by atoms with Crippen molar-refractivity contribution in [2.75, 3.05) is 31.7 Å². The Kier molecular flexibility index (Phi) is 3.28. The highest BCUT2D eigenvalue weighted by Crippen LogP contribution is 2.28. The molecule has 6 heteroatoms. The second-order valence-corrected chi connectivity index (χ2v) is 5.79. The molecular formula is C11H12BrN3OS. The van der Waals surface area contributed by atoms with Crippen LogP contribution in [0.25, 0.3) is 10.2 Å². The van der Waals surface area contributed by atoms with Gasteiger partial charge >= 0.3 is 0 Å². The van der Waals surface area contributed by atoms with Crippen LogP contribution in [0.15, 0.2) is 22.7 Å². The van der Waals surface area contributed by atoms with E-state index in [1.807, 2.05) is 12.1 Å². The van der Waals surface area contributed by atoms with Gasteiger partial charge in [0.25, 0.3) is 0 Å². The van der Waals surface area contributed by atoms with Crippen molar-refractivity contribution in [3.63, 3.8) is 0 Å². The van der Waals surface area contributed by atoms with Gasteiger partial charge in [-0.1, -0.05) is 27.3 Å². The van der Waals surface area contributed by atoms with E-state index in [0.717, 1.165) is 41.4 Å². The van der Waals surface area contributed by atoms with E-state index < -0.39 is 0 Å². The number of thiazole rings is 1. The SMILES string of the molecule is Brc1ccc2sc(NN3CCOCC3)nc2c1. The molecule has 1 fully saturated rings. The van der Waals surface area contributed by atoms with Gasteiger partial charge in [0.2, 0.25) is 0 Å². The second kappa shape index (κ2) is 4.89. The molecule has 0 spiro atoms. The summed E-state index contributed by atoms with van der Waals surface area (Å²) in [6.07, 6.45) is 0. The van der Waals surface area contributed by atoms with E-state index in [2.05, 4.69) is 37.4 Å². The van der Waals surface area contributed by atoms with Crippen LogP contribution in [-0.4, -0.2) is 36.3 Å². The number of benzene rings is 1. The Morgan fingerprint density at radius 1 is 1.35 bits per heavy atom. The summed E-state index contributed by atoms with van der Waals surface area (Å²) in [5, 5.41) is 3.09. The van der Waals surface area contributed by atoms with Crippen LogP contribution in [0.2, 0.25) is 0 Å². The van der Waals surface area contributed by atoms with Gasteiger partial charge < -0.3 is 4.74 Å². The molecule has 1 aliphatic rings. The molecule has 3 rings (SSSR count). The maximum atomic E-state index is 5.31. The van der Waals surface area contributed by atoms with Crippen LogP contribution in [0, 0.1) is 0 Å². The zero-order chi connectivity index (χ0) is 11.7. The van der Waals surface area contributed by atoms with Gasteiger partial charge in [-0.05, 0) is 18.2 Å². The summed E-state index contributed by atoms with van der Waals surface area (Å²) in [4.78, 5) is 4.56. The Bertz CT molecular complexity index is 524. The van der Waals surface area contributed by atoms with Gasteiger partial charge in [0, 0.05) is 17.6 Å². The predicted molar refractivity (Wildman–Crippen MR) is 73.3 cm³/mol. The van der Waals surface area contributed by atoms with E-state index in [9.17, 15) is 0 Å². The van der Waals surface area contributed by atoms with Crippen molar-refractivity contribution in [1.29, 1.82) is 0 Å². The molecular weight excluding hydrogens is 302 g/mol. The van der Waals surface area contributed by atoms with Crippen molar-refractivity contribution in [3.8, 4) is 0 Å². The number of fused-ring (bicyclic) bond motifs is 1. The first-order valence-electron chi connectivity index (χ1n) is 5.47. The quantitative estimate of drug-likeness (QED) is 0.925. The monoisotopic (exact) mass is 313 g/mol. The van der Waals surface area contributed by atoms with Gasteiger partial charge in [-0.25, -0.2) is 9.99 Å². The highest BCUT2D eigenvalue weighted by atomic mass is 79.9. The number of nitrogens with zero attached hydrogens (tertiary/aromatic N) is 2.